The Hall–Kier alpha value is -1.39. The first-order valence-electron chi connectivity index (χ1n) is 5.24. The van der Waals surface area contributed by atoms with E-state index >= 15 is 0 Å². The van der Waals surface area contributed by atoms with Crippen molar-refractivity contribution in [3.8, 4) is 0 Å². The molecule has 0 fully saturated rings. The number of rotatable bonds is 5. The van der Waals surface area contributed by atoms with Gasteiger partial charge in [0.1, 0.15) is 0 Å². The van der Waals surface area contributed by atoms with E-state index in [4.69, 9.17) is 0 Å². The predicted molar refractivity (Wildman–Crippen MR) is 62.9 cm³/mol. The summed E-state index contributed by atoms with van der Waals surface area (Å²) in [6.07, 6.45) is 0. The maximum atomic E-state index is 11.5. The van der Waals surface area contributed by atoms with Crippen LogP contribution in [0.1, 0.15) is 12.5 Å². The lowest BCUT2D eigenvalue weighted by Gasteiger charge is -2.29. The van der Waals surface area contributed by atoms with E-state index in [2.05, 4.69) is 10.6 Å². The van der Waals surface area contributed by atoms with Crippen LogP contribution in [-0.4, -0.2) is 31.2 Å². The van der Waals surface area contributed by atoms with Crippen molar-refractivity contribution >= 4 is 5.91 Å². The van der Waals surface area contributed by atoms with E-state index in [1.807, 2.05) is 30.3 Å². The lowest BCUT2D eigenvalue weighted by Crippen LogP contribution is -2.48. The molecule has 0 bridgehead atoms. The fraction of sp³-hybridized carbons (Fsp3) is 0.417. The van der Waals surface area contributed by atoms with Gasteiger partial charge in [0.15, 0.2) is 0 Å². The summed E-state index contributed by atoms with van der Waals surface area (Å²) >= 11 is 0. The lowest BCUT2D eigenvalue weighted by molar-refractivity contribution is -0.122. The second-order valence-electron chi connectivity index (χ2n) is 3.93. The Morgan fingerprint density at radius 3 is 2.50 bits per heavy atom. The first-order chi connectivity index (χ1) is 7.62. The first kappa shape index (κ1) is 12.7. The third-order valence-corrected chi connectivity index (χ3v) is 2.48. The summed E-state index contributed by atoms with van der Waals surface area (Å²) in [6.45, 7) is 1.91. The predicted octanol–water partition coefficient (Wildman–Crippen LogP) is 0.230. The molecule has 3 N–H and O–H groups in total. The molecule has 1 aromatic rings. The number of carbonyl (C=O) groups is 1. The van der Waals surface area contributed by atoms with Crippen molar-refractivity contribution in [1.29, 1.82) is 0 Å². The molecule has 1 atom stereocenters. The van der Waals surface area contributed by atoms with Gasteiger partial charge in [0.05, 0.1) is 18.7 Å². The number of hydrogen-bond donors (Lipinski definition) is 3. The number of aliphatic hydroxyl groups excluding tert-OH is 1. The zero-order chi connectivity index (χ0) is 12.0. The fourth-order valence-corrected chi connectivity index (χ4v) is 1.52. The highest BCUT2D eigenvalue weighted by Crippen LogP contribution is 2.19. The Morgan fingerprint density at radius 2 is 2.00 bits per heavy atom. The van der Waals surface area contributed by atoms with Crippen molar-refractivity contribution in [3.05, 3.63) is 35.9 Å². The van der Waals surface area contributed by atoms with Crippen LogP contribution >= 0.6 is 0 Å². The highest BCUT2D eigenvalue weighted by Gasteiger charge is 2.27. The largest absolute Gasteiger partial charge is 0.394 e. The molecule has 0 saturated carbocycles. The lowest BCUT2D eigenvalue weighted by atomic mass is 9.93. The molecule has 0 aromatic heterocycles. The molecule has 88 valence electrons. The van der Waals surface area contributed by atoms with Crippen LogP contribution in [0.4, 0.5) is 0 Å². The highest BCUT2D eigenvalue weighted by atomic mass is 16.3. The van der Waals surface area contributed by atoms with Crippen molar-refractivity contribution in [2.75, 3.05) is 20.2 Å². The molecule has 0 spiro atoms. The molecule has 0 aliphatic heterocycles. The van der Waals surface area contributed by atoms with Crippen LogP contribution < -0.4 is 10.6 Å². The van der Waals surface area contributed by atoms with Crippen LogP contribution in [0.2, 0.25) is 0 Å². The van der Waals surface area contributed by atoms with Crippen molar-refractivity contribution in [3.63, 3.8) is 0 Å². The topological polar surface area (TPSA) is 61.4 Å². The molecule has 0 aliphatic rings. The molecule has 0 saturated heterocycles. The summed E-state index contributed by atoms with van der Waals surface area (Å²) in [5.74, 6) is -0.136. The van der Waals surface area contributed by atoms with Crippen LogP contribution in [0.15, 0.2) is 30.3 Å². The number of likely N-dealkylation sites (N-methyl/N-ethyl adjacent to an activating group) is 1. The third-order valence-electron chi connectivity index (χ3n) is 2.48. The van der Waals surface area contributed by atoms with Gasteiger partial charge >= 0.3 is 0 Å². The molecule has 0 radical (unpaired) electrons. The zero-order valence-electron chi connectivity index (χ0n) is 9.66. The zero-order valence-corrected chi connectivity index (χ0v) is 9.66. The molecule has 0 aliphatic carbocycles. The monoisotopic (exact) mass is 222 g/mol. The van der Waals surface area contributed by atoms with Gasteiger partial charge in [0.2, 0.25) is 5.91 Å². The van der Waals surface area contributed by atoms with Crippen molar-refractivity contribution in [2.24, 2.45) is 0 Å². The standard InChI is InChI=1S/C12H18N2O2/c1-12(9-15,14-11(16)8-13-2)10-6-4-3-5-7-10/h3-7,13,15H,8-9H2,1-2H3,(H,14,16). The Kier molecular flexibility index (Phi) is 4.46. The second kappa shape index (κ2) is 5.63. The maximum absolute atomic E-state index is 11.5. The van der Waals surface area contributed by atoms with Crippen molar-refractivity contribution in [2.45, 2.75) is 12.5 Å². The average molecular weight is 222 g/mol. The SMILES string of the molecule is CNCC(=O)NC(C)(CO)c1ccccc1. The summed E-state index contributed by atoms with van der Waals surface area (Å²) in [7, 11) is 1.71. The van der Waals surface area contributed by atoms with E-state index in [-0.39, 0.29) is 19.1 Å². The number of hydrogen-bond acceptors (Lipinski definition) is 3. The Labute approximate surface area is 95.7 Å². The third kappa shape index (κ3) is 3.05. The van der Waals surface area contributed by atoms with Crippen LogP contribution in [-0.2, 0) is 10.3 Å². The summed E-state index contributed by atoms with van der Waals surface area (Å²) in [4.78, 5) is 11.5. The highest BCUT2D eigenvalue weighted by molar-refractivity contribution is 5.79. The van der Waals surface area contributed by atoms with E-state index in [1.165, 1.54) is 0 Å². The van der Waals surface area contributed by atoms with Gasteiger partial charge in [-0.25, -0.2) is 0 Å². The molecule has 1 rings (SSSR count). The summed E-state index contributed by atoms with van der Waals surface area (Å²) in [6, 6.07) is 9.43. The van der Waals surface area contributed by atoms with Gasteiger partial charge in [-0.05, 0) is 19.5 Å². The number of aliphatic hydroxyl groups is 1. The van der Waals surface area contributed by atoms with E-state index < -0.39 is 5.54 Å². The molecule has 1 aromatic carbocycles. The summed E-state index contributed by atoms with van der Waals surface area (Å²) in [5, 5.41) is 15.0. The van der Waals surface area contributed by atoms with Gasteiger partial charge in [0.25, 0.3) is 0 Å². The minimum atomic E-state index is -0.727. The van der Waals surface area contributed by atoms with Gasteiger partial charge in [-0.3, -0.25) is 4.79 Å². The van der Waals surface area contributed by atoms with Crippen LogP contribution in [0, 0.1) is 0 Å². The van der Waals surface area contributed by atoms with Gasteiger partial charge in [-0.15, -0.1) is 0 Å². The minimum Gasteiger partial charge on any atom is -0.394 e. The second-order valence-corrected chi connectivity index (χ2v) is 3.93. The average Bonchev–Trinajstić information content (AvgIpc) is 2.30. The molecule has 16 heavy (non-hydrogen) atoms. The fourth-order valence-electron chi connectivity index (χ4n) is 1.52. The van der Waals surface area contributed by atoms with E-state index in [9.17, 15) is 9.90 Å². The Balaban J connectivity index is 2.82. The minimum absolute atomic E-state index is 0.132. The molecule has 0 heterocycles. The van der Waals surface area contributed by atoms with Gasteiger partial charge in [-0.2, -0.15) is 0 Å². The number of benzene rings is 1. The number of nitrogens with one attached hydrogen (secondary N) is 2. The van der Waals surface area contributed by atoms with Crippen LogP contribution in [0.3, 0.4) is 0 Å². The number of carbonyl (C=O) groups excluding carboxylic acids is 1. The normalized spacial score (nSPS) is 14.2. The number of amides is 1. The first-order valence-corrected chi connectivity index (χ1v) is 5.24. The van der Waals surface area contributed by atoms with Crippen molar-refractivity contribution in [1.82, 2.24) is 10.6 Å². The van der Waals surface area contributed by atoms with Crippen molar-refractivity contribution < 1.29 is 9.90 Å². The summed E-state index contributed by atoms with van der Waals surface area (Å²) in [5.41, 5.74) is 0.164. The molecule has 4 heteroatoms. The quantitative estimate of drug-likeness (QED) is 0.668. The molecule has 1 unspecified atom stereocenters. The smallest absolute Gasteiger partial charge is 0.234 e. The van der Waals surface area contributed by atoms with Crippen LogP contribution in [0.25, 0.3) is 0 Å². The molecular formula is C12H18N2O2. The Bertz CT molecular complexity index is 340. The molecule has 1 amide bonds. The summed E-state index contributed by atoms with van der Waals surface area (Å²) < 4.78 is 0. The van der Waals surface area contributed by atoms with E-state index in [1.54, 1.807) is 14.0 Å². The van der Waals surface area contributed by atoms with Gasteiger partial charge in [0, 0.05) is 0 Å². The Morgan fingerprint density at radius 1 is 1.38 bits per heavy atom. The van der Waals surface area contributed by atoms with Gasteiger partial charge in [-0.1, -0.05) is 30.3 Å². The van der Waals surface area contributed by atoms with Crippen LogP contribution in [0.5, 0.6) is 0 Å². The molecular weight excluding hydrogens is 204 g/mol. The molecule has 4 nitrogen and oxygen atoms in total. The van der Waals surface area contributed by atoms with Gasteiger partial charge < -0.3 is 15.7 Å². The maximum Gasteiger partial charge on any atom is 0.234 e. The van der Waals surface area contributed by atoms with E-state index in [0.29, 0.717) is 0 Å². The van der Waals surface area contributed by atoms with E-state index in [0.717, 1.165) is 5.56 Å².